The van der Waals surface area contributed by atoms with Crippen LogP contribution in [-0.4, -0.2) is 15.3 Å². The first-order valence-electron chi connectivity index (χ1n) is 6.22. The molecule has 0 saturated heterocycles. The van der Waals surface area contributed by atoms with Crippen LogP contribution in [0.2, 0.25) is 0 Å². The van der Waals surface area contributed by atoms with Gasteiger partial charge in [-0.3, -0.25) is 4.79 Å². The quantitative estimate of drug-likeness (QED) is 0.782. The van der Waals surface area contributed by atoms with Gasteiger partial charge in [0.05, 0.1) is 6.54 Å². The zero-order valence-electron chi connectivity index (χ0n) is 10.1. The molecule has 2 rings (SSSR count). The Kier molecular flexibility index (Phi) is 3.42. The Morgan fingerprint density at radius 1 is 1.50 bits per heavy atom. The van der Waals surface area contributed by atoms with E-state index in [2.05, 4.69) is 18.8 Å². The van der Waals surface area contributed by atoms with Gasteiger partial charge in [0.15, 0.2) is 5.78 Å². The highest BCUT2D eigenvalue weighted by molar-refractivity contribution is 5.81. The van der Waals surface area contributed by atoms with E-state index in [1.807, 2.05) is 10.8 Å². The topological polar surface area (TPSA) is 34.9 Å². The second kappa shape index (κ2) is 4.81. The lowest BCUT2D eigenvalue weighted by atomic mass is 10.0. The molecule has 16 heavy (non-hydrogen) atoms. The molecular weight excluding hydrogens is 200 g/mol. The molecule has 0 spiro atoms. The molecule has 3 heteroatoms. The summed E-state index contributed by atoms with van der Waals surface area (Å²) in [5, 5.41) is 0. The van der Waals surface area contributed by atoms with Gasteiger partial charge < -0.3 is 4.57 Å². The first-order valence-corrected chi connectivity index (χ1v) is 6.22. The standard InChI is InChI=1S/C13H20N2O/c1-10(2)13-14-7-8-15(13)9-12(16)11-5-3-4-6-11/h7-8,10-11H,3-6,9H2,1-2H3. The molecule has 1 aromatic heterocycles. The number of hydrogen-bond acceptors (Lipinski definition) is 2. The van der Waals surface area contributed by atoms with Crippen LogP contribution in [0.1, 0.15) is 51.3 Å². The van der Waals surface area contributed by atoms with E-state index in [0.717, 1.165) is 18.7 Å². The molecule has 1 aliphatic rings. The zero-order chi connectivity index (χ0) is 11.5. The summed E-state index contributed by atoms with van der Waals surface area (Å²) < 4.78 is 2.01. The lowest BCUT2D eigenvalue weighted by molar-refractivity contribution is -0.123. The summed E-state index contributed by atoms with van der Waals surface area (Å²) in [6.45, 7) is 4.73. The minimum absolute atomic E-state index is 0.308. The molecule has 1 aliphatic carbocycles. The molecule has 0 amide bonds. The van der Waals surface area contributed by atoms with Crippen molar-refractivity contribution in [3.8, 4) is 0 Å². The maximum atomic E-state index is 12.0. The van der Waals surface area contributed by atoms with Crippen molar-refractivity contribution in [1.29, 1.82) is 0 Å². The Morgan fingerprint density at radius 3 is 2.81 bits per heavy atom. The van der Waals surface area contributed by atoms with E-state index < -0.39 is 0 Å². The van der Waals surface area contributed by atoms with Crippen LogP contribution in [-0.2, 0) is 11.3 Å². The zero-order valence-corrected chi connectivity index (χ0v) is 10.1. The second-order valence-electron chi connectivity index (χ2n) is 5.02. The fraction of sp³-hybridized carbons (Fsp3) is 0.692. The Hall–Kier alpha value is -1.12. The summed E-state index contributed by atoms with van der Waals surface area (Å²) in [4.78, 5) is 16.3. The third-order valence-corrected chi connectivity index (χ3v) is 3.40. The van der Waals surface area contributed by atoms with E-state index in [0.29, 0.717) is 24.2 Å². The molecule has 0 N–H and O–H groups in total. The summed E-state index contributed by atoms with van der Waals surface area (Å²) in [7, 11) is 0. The maximum absolute atomic E-state index is 12.0. The van der Waals surface area contributed by atoms with Gasteiger partial charge in [0, 0.05) is 24.2 Å². The van der Waals surface area contributed by atoms with Crippen molar-refractivity contribution in [2.24, 2.45) is 5.92 Å². The molecule has 0 aromatic carbocycles. The largest absolute Gasteiger partial charge is 0.327 e. The van der Waals surface area contributed by atoms with Crippen molar-refractivity contribution >= 4 is 5.78 Å². The van der Waals surface area contributed by atoms with Gasteiger partial charge in [0.1, 0.15) is 5.82 Å². The summed E-state index contributed by atoms with van der Waals surface area (Å²) in [6.07, 6.45) is 8.32. The summed E-state index contributed by atoms with van der Waals surface area (Å²) in [5.74, 6) is 2.09. The van der Waals surface area contributed by atoms with Crippen molar-refractivity contribution in [2.45, 2.75) is 52.0 Å². The number of Topliss-reactive ketones (excluding diaryl/α,β-unsaturated/α-hetero) is 1. The molecule has 0 bridgehead atoms. The third-order valence-electron chi connectivity index (χ3n) is 3.40. The van der Waals surface area contributed by atoms with Crippen LogP contribution in [0.4, 0.5) is 0 Å². The molecule has 1 heterocycles. The van der Waals surface area contributed by atoms with Gasteiger partial charge in [0.2, 0.25) is 0 Å². The van der Waals surface area contributed by atoms with Crippen molar-refractivity contribution < 1.29 is 4.79 Å². The van der Waals surface area contributed by atoms with Crippen LogP contribution < -0.4 is 0 Å². The number of carbonyl (C=O) groups is 1. The van der Waals surface area contributed by atoms with Crippen LogP contribution in [0.25, 0.3) is 0 Å². The van der Waals surface area contributed by atoms with Crippen molar-refractivity contribution in [3.05, 3.63) is 18.2 Å². The normalized spacial score (nSPS) is 17.2. The highest BCUT2D eigenvalue weighted by atomic mass is 16.1. The highest BCUT2D eigenvalue weighted by Crippen LogP contribution is 2.26. The number of aromatic nitrogens is 2. The van der Waals surface area contributed by atoms with E-state index in [9.17, 15) is 4.79 Å². The molecule has 0 aliphatic heterocycles. The fourth-order valence-electron chi connectivity index (χ4n) is 2.50. The van der Waals surface area contributed by atoms with Gasteiger partial charge in [-0.05, 0) is 12.8 Å². The van der Waals surface area contributed by atoms with Gasteiger partial charge in [-0.1, -0.05) is 26.7 Å². The van der Waals surface area contributed by atoms with Crippen LogP contribution in [0.3, 0.4) is 0 Å². The molecule has 1 saturated carbocycles. The van der Waals surface area contributed by atoms with E-state index in [4.69, 9.17) is 0 Å². The molecule has 0 unspecified atom stereocenters. The van der Waals surface area contributed by atoms with Crippen LogP contribution >= 0.6 is 0 Å². The minimum atomic E-state index is 0.308. The number of imidazole rings is 1. The second-order valence-corrected chi connectivity index (χ2v) is 5.02. The van der Waals surface area contributed by atoms with E-state index >= 15 is 0 Å². The Balaban J connectivity index is 2.02. The van der Waals surface area contributed by atoms with Gasteiger partial charge in [-0.15, -0.1) is 0 Å². The maximum Gasteiger partial charge on any atom is 0.155 e. The molecule has 0 radical (unpaired) electrons. The molecule has 1 fully saturated rings. The van der Waals surface area contributed by atoms with E-state index in [1.165, 1.54) is 12.8 Å². The van der Waals surface area contributed by atoms with Crippen LogP contribution in [0.15, 0.2) is 12.4 Å². The Labute approximate surface area is 96.9 Å². The number of hydrogen-bond donors (Lipinski definition) is 0. The molecule has 88 valence electrons. The molecular formula is C13H20N2O. The SMILES string of the molecule is CC(C)c1nccn1CC(=O)C1CCCC1. The summed E-state index contributed by atoms with van der Waals surface area (Å²) in [6, 6.07) is 0. The van der Waals surface area contributed by atoms with Gasteiger partial charge in [-0.25, -0.2) is 4.98 Å². The van der Waals surface area contributed by atoms with Crippen molar-refractivity contribution in [3.63, 3.8) is 0 Å². The number of ketones is 1. The van der Waals surface area contributed by atoms with Gasteiger partial charge in [0.25, 0.3) is 0 Å². The molecule has 0 atom stereocenters. The Morgan fingerprint density at radius 2 is 2.19 bits per heavy atom. The monoisotopic (exact) mass is 220 g/mol. The highest BCUT2D eigenvalue weighted by Gasteiger charge is 2.23. The number of rotatable bonds is 4. The predicted octanol–water partition coefficient (Wildman–Crippen LogP) is 2.77. The predicted molar refractivity (Wildman–Crippen MR) is 63.3 cm³/mol. The lowest BCUT2D eigenvalue weighted by Gasteiger charge is -2.12. The lowest BCUT2D eigenvalue weighted by Crippen LogP contribution is -2.19. The van der Waals surface area contributed by atoms with Gasteiger partial charge in [-0.2, -0.15) is 0 Å². The van der Waals surface area contributed by atoms with Crippen LogP contribution in [0, 0.1) is 5.92 Å². The Bertz CT molecular complexity index is 362. The van der Waals surface area contributed by atoms with Crippen LogP contribution in [0.5, 0.6) is 0 Å². The van der Waals surface area contributed by atoms with Gasteiger partial charge >= 0.3 is 0 Å². The molecule has 1 aromatic rings. The first-order chi connectivity index (χ1) is 7.68. The summed E-state index contributed by atoms with van der Waals surface area (Å²) in [5.41, 5.74) is 0. The van der Waals surface area contributed by atoms with Crippen molar-refractivity contribution in [1.82, 2.24) is 9.55 Å². The average Bonchev–Trinajstić information content (AvgIpc) is 2.86. The van der Waals surface area contributed by atoms with Crippen molar-refractivity contribution in [2.75, 3.05) is 0 Å². The summed E-state index contributed by atoms with van der Waals surface area (Å²) >= 11 is 0. The fourth-order valence-corrected chi connectivity index (χ4v) is 2.50. The minimum Gasteiger partial charge on any atom is -0.327 e. The third kappa shape index (κ3) is 2.34. The average molecular weight is 220 g/mol. The molecule has 3 nitrogen and oxygen atoms in total. The first kappa shape index (κ1) is 11.4. The number of carbonyl (C=O) groups excluding carboxylic acids is 1. The number of nitrogens with zero attached hydrogens (tertiary/aromatic N) is 2. The van der Waals surface area contributed by atoms with E-state index in [1.54, 1.807) is 6.20 Å². The smallest absolute Gasteiger partial charge is 0.155 e. The van der Waals surface area contributed by atoms with E-state index in [-0.39, 0.29) is 0 Å².